The van der Waals surface area contributed by atoms with Crippen LogP contribution >= 0.6 is 22.6 Å². The maximum atomic E-state index is 12.4. The monoisotopic (exact) mass is 427 g/mol. The molecule has 1 unspecified atom stereocenters. The van der Waals surface area contributed by atoms with Crippen LogP contribution in [0.1, 0.15) is 18.4 Å². The second-order valence-corrected chi connectivity index (χ2v) is 7.86. The fourth-order valence-electron chi connectivity index (χ4n) is 2.41. The van der Waals surface area contributed by atoms with Crippen molar-refractivity contribution in [2.45, 2.75) is 17.7 Å². The van der Waals surface area contributed by atoms with E-state index in [2.05, 4.69) is 27.0 Å². The van der Waals surface area contributed by atoms with E-state index in [0.717, 1.165) is 9.13 Å². The van der Waals surface area contributed by atoms with Crippen LogP contribution in [0.2, 0.25) is 0 Å². The third kappa shape index (κ3) is 2.64. The van der Waals surface area contributed by atoms with E-state index in [9.17, 15) is 8.42 Å². The third-order valence-corrected chi connectivity index (χ3v) is 5.59. The van der Waals surface area contributed by atoms with Crippen LogP contribution in [0.15, 0.2) is 57.8 Å². The first-order valence-corrected chi connectivity index (χ1v) is 9.16. The van der Waals surface area contributed by atoms with Crippen LogP contribution in [-0.2, 0) is 10.0 Å². The predicted octanol–water partition coefficient (Wildman–Crippen LogP) is 2.88. The number of hydrogen-bond donors (Lipinski definition) is 1. The van der Waals surface area contributed by atoms with E-state index in [0.29, 0.717) is 11.5 Å². The number of nitrogens with zero attached hydrogens (tertiary/aromatic N) is 2. The lowest BCUT2D eigenvalue weighted by Gasteiger charge is -2.30. The van der Waals surface area contributed by atoms with Crippen molar-refractivity contribution < 1.29 is 8.42 Å². The van der Waals surface area contributed by atoms with Gasteiger partial charge in [-0.1, -0.05) is 37.3 Å². The van der Waals surface area contributed by atoms with Gasteiger partial charge in [-0.3, -0.25) is 5.01 Å². The molecule has 0 spiro atoms. The molecule has 1 heterocycles. The van der Waals surface area contributed by atoms with Gasteiger partial charge in [0.2, 0.25) is 0 Å². The predicted molar refractivity (Wildman–Crippen MR) is 95.3 cm³/mol. The van der Waals surface area contributed by atoms with E-state index >= 15 is 0 Å². The van der Waals surface area contributed by atoms with Crippen LogP contribution in [0.3, 0.4) is 0 Å². The van der Waals surface area contributed by atoms with Gasteiger partial charge in [0.05, 0.1) is 5.69 Å². The number of hydrazine groups is 1. The fraction of sp³-hybridized carbons (Fsp3) is 0.133. The summed E-state index contributed by atoms with van der Waals surface area (Å²) in [6.07, 6.45) is 0. The highest BCUT2D eigenvalue weighted by Crippen LogP contribution is 2.34. The molecule has 2 aromatic rings. The Hall–Kier alpha value is -1.45. The lowest BCUT2D eigenvalue weighted by molar-refractivity contribution is 0.596. The summed E-state index contributed by atoms with van der Waals surface area (Å²) in [5.74, 6) is 6.23. The summed E-state index contributed by atoms with van der Waals surface area (Å²) in [6, 6.07) is 14.7. The number of fused-ring (bicyclic) bond motifs is 1. The summed E-state index contributed by atoms with van der Waals surface area (Å²) < 4.78 is 29.7. The summed E-state index contributed by atoms with van der Waals surface area (Å²) in [5.41, 5.74) is 1.41. The highest BCUT2D eigenvalue weighted by molar-refractivity contribution is 14.1. The number of hydrogen-bond acceptors (Lipinski definition) is 4. The molecule has 0 radical (unpaired) electrons. The molecule has 0 fully saturated rings. The molecule has 1 atom stereocenters. The molecule has 5 nitrogen and oxygen atoms in total. The fourth-order valence-corrected chi connectivity index (χ4v) is 4.41. The van der Waals surface area contributed by atoms with Gasteiger partial charge in [-0.25, -0.2) is 5.84 Å². The molecule has 114 valence electrons. The minimum absolute atomic E-state index is 0.144. The molecule has 2 aromatic carbocycles. The van der Waals surface area contributed by atoms with Crippen molar-refractivity contribution >= 4 is 44.1 Å². The molecule has 22 heavy (non-hydrogen) atoms. The average Bonchev–Trinajstić information content (AvgIpc) is 2.51. The number of sulfonamides is 1. The molecule has 0 aromatic heterocycles. The van der Waals surface area contributed by atoms with E-state index in [1.54, 1.807) is 12.1 Å². The van der Waals surface area contributed by atoms with E-state index < -0.39 is 10.0 Å². The van der Waals surface area contributed by atoms with Crippen LogP contribution in [0.5, 0.6) is 0 Å². The van der Waals surface area contributed by atoms with Crippen molar-refractivity contribution in [2.75, 3.05) is 5.01 Å². The number of nitrogens with two attached hydrogens (primary N) is 1. The lowest BCUT2D eigenvalue weighted by Crippen LogP contribution is -2.43. The van der Waals surface area contributed by atoms with Gasteiger partial charge in [0, 0.05) is 9.49 Å². The van der Waals surface area contributed by atoms with Gasteiger partial charge in [0.25, 0.3) is 10.0 Å². The Bertz CT molecular complexity index is 850. The molecule has 0 saturated carbocycles. The van der Waals surface area contributed by atoms with Gasteiger partial charge in [0.15, 0.2) is 0 Å². The zero-order valence-electron chi connectivity index (χ0n) is 11.8. The zero-order chi connectivity index (χ0) is 15.9. The molecule has 1 aliphatic rings. The van der Waals surface area contributed by atoms with E-state index in [1.807, 2.05) is 43.3 Å². The van der Waals surface area contributed by atoms with Crippen molar-refractivity contribution in [3.8, 4) is 0 Å². The quantitative estimate of drug-likeness (QED) is 0.591. The van der Waals surface area contributed by atoms with Gasteiger partial charge in [0.1, 0.15) is 10.7 Å². The van der Waals surface area contributed by atoms with Gasteiger partial charge in [-0.05, 0) is 46.4 Å². The average molecular weight is 427 g/mol. The number of anilines is 1. The zero-order valence-corrected chi connectivity index (χ0v) is 14.7. The first kappa shape index (κ1) is 15.4. The smallest absolute Gasteiger partial charge is 0.263 e. The molecule has 0 amide bonds. The largest absolute Gasteiger partial charge is 0.286 e. The third-order valence-electron chi connectivity index (χ3n) is 3.61. The summed E-state index contributed by atoms with van der Waals surface area (Å²) >= 11 is 2.07. The minimum atomic E-state index is -3.74. The highest BCUT2D eigenvalue weighted by Gasteiger charge is 2.32. The SMILES string of the molecule is CC(C1=NS(=O)(=O)c2cc(I)ccc2N1N)c1ccccc1. The van der Waals surface area contributed by atoms with E-state index in [1.165, 1.54) is 5.01 Å². The minimum Gasteiger partial charge on any atom is -0.263 e. The van der Waals surface area contributed by atoms with Crippen molar-refractivity contribution in [3.05, 3.63) is 57.7 Å². The van der Waals surface area contributed by atoms with Crippen LogP contribution in [0.25, 0.3) is 0 Å². The Labute approximate surface area is 143 Å². The van der Waals surface area contributed by atoms with Crippen LogP contribution in [-0.4, -0.2) is 14.3 Å². The van der Waals surface area contributed by atoms with Crippen LogP contribution < -0.4 is 10.9 Å². The maximum absolute atomic E-state index is 12.4. The summed E-state index contributed by atoms with van der Waals surface area (Å²) in [6.45, 7) is 1.89. The van der Waals surface area contributed by atoms with E-state index in [-0.39, 0.29) is 10.8 Å². The molecule has 0 bridgehead atoms. The molecular formula is C15H14IN3O2S. The maximum Gasteiger partial charge on any atom is 0.286 e. The number of halogens is 1. The Morgan fingerprint density at radius 2 is 1.86 bits per heavy atom. The highest BCUT2D eigenvalue weighted by atomic mass is 127. The number of benzene rings is 2. The summed E-state index contributed by atoms with van der Waals surface area (Å²) in [5, 5.41) is 1.37. The molecule has 0 aliphatic carbocycles. The molecule has 1 aliphatic heterocycles. The summed E-state index contributed by atoms with van der Waals surface area (Å²) in [7, 11) is -3.74. The Morgan fingerprint density at radius 3 is 2.55 bits per heavy atom. The van der Waals surface area contributed by atoms with Gasteiger partial charge in [-0.15, -0.1) is 4.40 Å². The van der Waals surface area contributed by atoms with Gasteiger partial charge < -0.3 is 0 Å². The van der Waals surface area contributed by atoms with E-state index in [4.69, 9.17) is 5.84 Å². The Balaban J connectivity index is 2.12. The van der Waals surface area contributed by atoms with Crippen molar-refractivity contribution in [1.29, 1.82) is 0 Å². The molecule has 2 N–H and O–H groups in total. The van der Waals surface area contributed by atoms with Crippen LogP contribution in [0, 0.1) is 3.57 Å². The van der Waals surface area contributed by atoms with Crippen molar-refractivity contribution in [3.63, 3.8) is 0 Å². The molecular weight excluding hydrogens is 413 g/mol. The first-order chi connectivity index (χ1) is 10.4. The van der Waals surface area contributed by atoms with Gasteiger partial charge >= 0.3 is 0 Å². The van der Waals surface area contributed by atoms with Crippen molar-refractivity contribution in [1.82, 2.24) is 0 Å². The second-order valence-electron chi connectivity index (χ2n) is 5.04. The first-order valence-electron chi connectivity index (χ1n) is 6.64. The lowest BCUT2D eigenvalue weighted by atomic mass is 9.99. The number of amidine groups is 1. The topological polar surface area (TPSA) is 75.8 Å². The molecule has 7 heteroatoms. The second kappa shape index (κ2) is 5.64. The standard InChI is InChI=1S/C15H14IN3O2S/c1-10(11-5-3-2-4-6-11)15-18-22(20,21)14-9-12(16)7-8-13(14)19(15)17/h2-10H,17H2,1H3. The normalized spacial score (nSPS) is 17.6. The molecule has 3 rings (SSSR count). The van der Waals surface area contributed by atoms with Crippen molar-refractivity contribution in [2.24, 2.45) is 10.2 Å². The Kier molecular flexibility index (Phi) is 3.96. The molecule has 0 saturated heterocycles. The van der Waals surface area contributed by atoms with Crippen LogP contribution in [0.4, 0.5) is 5.69 Å². The number of rotatable bonds is 2. The van der Waals surface area contributed by atoms with Gasteiger partial charge in [-0.2, -0.15) is 8.42 Å². The Morgan fingerprint density at radius 1 is 1.18 bits per heavy atom. The summed E-state index contributed by atoms with van der Waals surface area (Å²) in [4.78, 5) is 0.144.